The van der Waals surface area contributed by atoms with Crippen LogP contribution in [0.5, 0.6) is 11.5 Å². The maximum atomic E-state index is 10.8. The number of halogens is 2. The van der Waals surface area contributed by atoms with E-state index in [0.29, 0.717) is 46.2 Å². The van der Waals surface area contributed by atoms with E-state index in [1.165, 1.54) is 50.9 Å². The lowest BCUT2D eigenvalue weighted by atomic mass is 9.87. The molecule has 16 heteroatoms. The van der Waals surface area contributed by atoms with Gasteiger partial charge in [-0.15, -0.1) is 0 Å². The normalized spacial score (nSPS) is 33.5. The van der Waals surface area contributed by atoms with Crippen LogP contribution in [0.2, 0.25) is 28.2 Å². The van der Waals surface area contributed by atoms with E-state index in [4.69, 9.17) is 46.9 Å². The molecule has 408 valence electrons. The van der Waals surface area contributed by atoms with Crippen LogP contribution in [0.1, 0.15) is 106 Å². The van der Waals surface area contributed by atoms with Crippen LogP contribution in [-0.4, -0.2) is 131 Å². The van der Waals surface area contributed by atoms with Gasteiger partial charge in [0.2, 0.25) is 5.79 Å². The highest BCUT2D eigenvalue weighted by Gasteiger charge is 2.55. The zero-order valence-electron chi connectivity index (χ0n) is 42.4. The predicted octanol–water partition coefficient (Wildman–Crippen LogP) is 7.91. The summed E-state index contributed by atoms with van der Waals surface area (Å²) in [5, 5.41) is 82.0. The third-order valence-electron chi connectivity index (χ3n) is 16.4. The van der Waals surface area contributed by atoms with Gasteiger partial charge in [0.15, 0.2) is 0 Å². The van der Waals surface area contributed by atoms with Crippen LogP contribution in [0.15, 0.2) is 84.9 Å². The fraction of sp³-hybridized carbons (Fsp3) is 0.586. The van der Waals surface area contributed by atoms with Gasteiger partial charge in [-0.1, -0.05) is 112 Å². The average molecular weight is 1080 g/mol. The maximum Gasteiger partial charge on any atom is 0.224 e. The van der Waals surface area contributed by atoms with E-state index >= 15 is 0 Å². The number of hydrogen-bond acceptors (Lipinski definition) is 13. The molecule has 0 bridgehead atoms. The Morgan fingerprint density at radius 1 is 0.568 bits per heavy atom. The first-order valence-electron chi connectivity index (χ1n) is 26.4. The van der Waals surface area contributed by atoms with Gasteiger partial charge in [-0.05, 0) is 145 Å². The highest BCUT2D eigenvalue weighted by Crippen LogP contribution is 2.53. The Bertz CT molecular complexity index is 2360. The molecule has 16 atom stereocenters. The summed E-state index contributed by atoms with van der Waals surface area (Å²) in [5.41, 5.74) is 4.77. The molecule has 10 rings (SSSR count). The van der Waals surface area contributed by atoms with Gasteiger partial charge in [-0.3, -0.25) is 0 Å². The molecule has 4 unspecified atom stereocenters. The fourth-order valence-corrected chi connectivity index (χ4v) is 13.6. The smallest absolute Gasteiger partial charge is 0.224 e. The minimum Gasteiger partial charge on any atom is -0.490 e. The molecule has 4 aromatic carbocycles. The van der Waals surface area contributed by atoms with Crippen molar-refractivity contribution >= 4 is 32.0 Å². The first-order valence-corrected chi connectivity index (χ1v) is 29.6. The minimum atomic E-state index is -1.77. The van der Waals surface area contributed by atoms with Crippen LogP contribution in [-0.2, 0) is 32.8 Å². The van der Waals surface area contributed by atoms with E-state index in [0.717, 1.165) is 70.3 Å². The van der Waals surface area contributed by atoms with Gasteiger partial charge in [0, 0.05) is 31.5 Å². The average Bonchev–Trinajstić information content (AvgIpc) is 4.24. The molecule has 13 nitrogen and oxygen atoms in total. The molecule has 0 radical (unpaired) electrons. The maximum absolute atomic E-state index is 10.8. The van der Waals surface area contributed by atoms with Gasteiger partial charge in [0.25, 0.3) is 0 Å². The lowest BCUT2D eigenvalue weighted by molar-refractivity contribution is -0.366. The van der Waals surface area contributed by atoms with Gasteiger partial charge >= 0.3 is 0 Å². The van der Waals surface area contributed by atoms with Crippen molar-refractivity contribution in [3.63, 3.8) is 0 Å². The molecule has 6 fully saturated rings. The summed E-state index contributed by atoms with van der Waals surface area (Å²) in [6, 6.07) is 30.9. The zero-order chi connectivity index (χ0) is 52.1. The molecule has 4 aromatic rings. The molecule has 2 saturated heterocycles. The Labute approximate surface area is 448 Å². The largest absolute Gasteiger partial charge is 0.490 e. The lowest BCUT2D eigenvalue weighted by Crippen LogP contribution is -2.64. The van der Waals surface area contributed by atoms with E-state index in [1.807, 2.05) is 54.6 Å². The number of fused-ring (bicyclic) bond motifs is 2. The molecule has 4 aliphatic carbocycles. The summed E-state index contributed by atoms with van der Waals surface area (Å²) in [4.78, 5) is 0. The van der Waals surface area contributed by atoms with Crippen molar-refractivity contribution in [2.24, 2.45) is 23.7 Å². The summed E-state index contributed by atoms with van der Waals surface area (Å²) in [5.74, 6) is 3.51. The standard InChI is InChI=1S/C26H31ClO7.C25H29ClO6.C6H16Si.CH4/c1-32-26(25(31)24(30)23(29)22(13-28)34-26)18-4-7-21(27)17(10-18)8-14-2-5-19(6-3-14)33-20-11-15-9-16(15)12-20;26-20-6-3-14(25-24(30)23(29)22(28)21(12-27)32-25)8-17(20)7-13-1-4-18(5-2-13)31-19-10-15-9-16(15)11-19;1-4-7(5-2)6-3;/h2-7,10,15-16,20,22-25,28-31H,8-9,11-13H2,1H3;1-6,8,15-16,19,21-25,27-30H,7,9-12H2;7H,4-6H2,1-3H3;1H4/t15-,16+,20?,22-,23-,24+,25-,26?;15-,16+,19?,21-,22-,23+,24-,25?;;/m11../s1. The molecular formula is C58H80Cl2O13Si. The molecule has 8 N–H and O–H groups in total. The minimum absolute atomic E-state index is 0. The molecule has 0 spiro atoms. The molecule has 2 aliphatic heterocycles. The van der Waals surface area contributed by atoms with Crippen LogP contribution >= 0.6 is 23.2 Å². The van der Waals surface area contributed by atoms with Crippen molar-refractivity contribution in [3.8, 4) is 11.5 Å². The molecule has 0 amide bonds. The molecule has 74 heavy (non-hydrogen) atoms. The Kier molecular flexibility index (Phi) is 20.6. The van der Waals surface area contributed by atoms with Gasteiger partial charge in [0.05, 0.1) is 25.4 Å². The summed E-state index contributed by atoms with van der Waals surface area (Å²) >= 11 is 12.9. The Morgan fingerprint density at radius 3 is 1.47 bits per heavy atom. The highest BCUT2D eigenvalue weighted by molar-refractivity contribution is 6.58. The van der Waals surface area contributed by atoms with E-state index in [-0.39, 0.29) is 16.2 Å². The van der Waals surface area contributed by atoms with Crippen LogP contribution in [0.3, 0.4) is 0 Å². The molecular weight excluding hydrogens is 1000 g/mol. The van der Waals surface area contributed by atoms with Gasteiger partial charge in [0.1, 0.15) is 66.4 Å². The van der Waals surface area contributed by atoms with Crippen molar-refractivity contribution in [2.75, 3.05) is 20.3 Å². The first kappa shape index (κ1) is 58.5. The number of aliphatic hydroxyl groups excluding tert-OH is 8. The predicted molar refractivity (Wildman–Crippen MR) is 289 cm³/mol. The number of ether oxygens (including phenoxy) is 5. The summed E-state index contributed by atoms with van der Waals surface area (Å²) in [6.45, 7) is 5.96. The fourth-order valence-electron chi connectivity index (χ4n) is 11.5. The summed E-state index contributed by atoms with van der Waals surface area (Å²) < 4.78 is 29.3. The van der Waals surface area contributed by atoms with Crippen molar-refractivity contribution in [2.45, 2.75) is 171 Å². The molecule has 0 aromatic heterocycles. The molecule has 6 aliphatic rings. The van der Waals surface area contributed by atoms with Crippen LogP contribution in [0.25, 0.3) is 0 Å². The van der Waals surface area contributed by atoms with Crippen molar-refractivity contribution in [1.29, 1.82) is 0 Å². The number of hydrogen-bond donors (Lipinski definition) is 8. The lowest BCUT2D eigenvalue weighted by Gasteiger charge is -2.47. The van der Waals surface area contributed by atoms with Crippen molar-refractivity contribution in [1.82, 2.24) is 0 Å². The van der Waals surface area contributed by atoms with Crippen molar-refractivity contribution < 1.29 is 64.5 Å². The molecule has 4 saturated carbocycles. The van der Waals surface area contributed by atoms with E-state index < -0.39 is 73.9 Å². The monoisotopic (exact) mass is 1080 g/mol. The van der Waals surface area contributed by atoms with Crippen LogP contribution in [0, 0.1) is 23.7 Å². The number of rotatable bonds is 16. The van der Waals surface area contributed by atoms with Crippen LogP contribution in [0.4, 0.5) is 0 Å². The second kappa shape index (κ2) is 26.0. The SMILES string of the molecule is C.CC[SiH](CC)CC.COC1(c2ccc(Cl)c(Cc3ccc(OC4C[C@@H]5C[C@@H]5C4)cc3)c2)O[C@H](CO)[C@@H](O)[C@H](O)[C@H]1O.OC[C@H]1OC(c2ccc(Cl)c(Cc3ccc(OC4C[C@@H]5C[C@@H]5C4)cc3)c2)[C@H](O)[C@@H](O)[C@@H]1O. The summed E-state index contributed by atoms with van der Waals surface area (Å²) in [6.07, 6.45) is -2.50. The van der Waals surface area contributed by atoms with E-state index in [1.54, 1.807) is 30.3 Å². The highest BCUT2D eigenvalue weighted by atomic mass is 35.5. The number of aliphatic hydroxyl groups is 8. The van der Waals surface area contributed by atoms with E-state index in [9.17, 15) is 40.9 Å². The van der Waals surface area contributed by atoms with Gasteiger partial charge in [-0.25, -0.2) is 0 Å². The Morgan fingerprint density at radius 2 is 1.03 bits per heavy atom. The number of methoxy groups -OCH3 is 1. The third kappa shape index (κ3) is 13.6. The Balaban J connectivity index is 0.000000190. The first-order chi connectivity index (χ1) is 35.1. The van der Waals surface area contributed by atoms with E-state index in [2.05, 4.69) is 20.8 Å². The summed E-state index contributed by atoms with van der Waals surface area (Å²) in [7, 11) is 1.16. The van der Waals surface area contributed by atoms with Crippen molar-refractivity contribution in [3.05, 3.63) is 128 Å². The topological polar surface area (TPSA) is 208 Å². The van der Waals surface area contributed by atoms with Gasteiger partial charge < -0.3 is 64.5 Å². The second-order valence-electron chi connectivity index (χ2n) is 21.2. The number of benzene rings is 4. The molecule has 2 heterocycles. The quantitative estimate of drug-likeness (QED) is 0.0503. The van der Waals surface area contributed by atoms with Gasteiger partial charge in [-0.2, -0.15) is 0 Å². The third-order valence-corrected chi connectivity index (χ3v) is 20.6. The zero-order valence-corrected chi connectivity index (χ0v) is 45.1. The Hall–Kier alpha value is -3.16. The van der Waals surface area contributed by atoms with Crippen LogP contribution < -0.4 is 9.47 Å². The second-order valence-corrected chi connectivity index (χ2v) is 26.2.